The highest BCUT2D eigenvalue weighted by Gasteiger charge is 2.40. The van der Waals surface area contributed by atoms with E-state index in [1.165, 1.54) is 10.5 Å². The molecule has 3 aromatic rings. The zero-order chi connectivity index (χ0) is 24.4. The highest BCUT2D eigenvalue weighted by Crippen LogP contribution is 2.35. The summed E-state index contributed by atoms with van der Waals surface area (Å²) in [4.78, 5) is 30.4. The maximum absolute atomic E-state index is 13.6. The van der Waals surface area contributed by atoms with E-state index in [1.54, 1.807) is 43.5 Å². The Kier molecular flexibility index (Phi) is 6.41. The minimum absolute atomic E-state index is 0.254. The summed E-state index contributed by atoms with van der Waals surface area (Å²) in [5.41, 5.74) is 4.69. The molecule has 0 aliphatic carbocycles. The number of nitrogens with zero attached hydrogens (tertiary/aromatic N) is 2. The van der Waals surface area contributed by atoms with E-state index in [2.05, 4.69) is 19.2 Å². The molecule has 34 heavy (non-hydrogen) atoms. The Morgan fingerprint density at radius 3 is 1.97 bits per heavy atom. The second-order valence-corrected chi connectivity index (χ2v) is 8.74. The number of hydrogen-bond acceptors (Lipinski definition) is 5. The predicted molar refractivity (Wildman–Crippen MR) is 137 cm³/mol. The van der Waals surface area contributed by atoms with Gasteiger partial charge in [0.2, 0.25) is 0 Å². The lowest BCUT2D eigenvalue weighted by Crippen LogP contribution is -2.32. The number of hydrogen-bond donors (Lipinski definition) is 1. The van der Waals surface area contributed by atoms with Gasteiger partial charge in [-0.05, 0) is 65.6 Å². The van der Waals surface area contributed by atoms with E-state index in [9.17, 15) is 9.59 Å². The monoisotopic (exact) mass is 455 g/mol. The number of carbonyl (C=O) groups excluding carboxylic acids is 2. The fourth-order valence-corrected chi connectivity index (χ4v) is 3.90. The molecule has 6 heteroatoms. The molecule has 0 saturated heterocycles. The molecule has 1 aliphatic heterocycles. The van der Waals surface area contributed by atoms with Crippen LogP contribution in [0.1, 0.15) is 30.9 Å². The molecular formula is C28H29N3O3. The third kappa shape index (κ3) is 4.39. The SMILES string of the molecule is COc1ccc(C2=C(Nc3ccc(C(C)C)cc3)C(=O)N(c3ccc(N(C)C)cc3)C2=O)cc1. The van der Waals surface area contributed by atoms with E-state index in [-0.39, 0.29) is 17.5 Å². The van der Waals surface area contributed by atoms with Crippen molar-refractivity contribution in [2.45, 2.75) is 19.8 Å². The number of methoxy groups -OCH3 is 1. The van der Waals surface area contributed by atoms with Gasteiger partial charge in [0.1, 0.15) is 11.4 Å². The Morgan fingerprint density at radius 1 is 0.824 bits per heavy atom. The first-order valence-electron chi connectivity index (χ1n) is 11.2. The number of carbonyl (C=O) groups is 2. The van der Waals surface area contributed by atoms with Crippen molar-refractivity contribution in [2.75, 3.05) is 36.3 Å². The average Bonchev–Trinajstić information content (AvgIpc) is 3.08. The van der Waals surface area contributed by atoms with Crippen LogP contribution in [0.25, 0.3) is 5.57 Å². The van der Waals surface area contributed by atoms with Crippen LogP contribution < -0.4 is 19.9 Å². The first kappa shape index (κ1) is 23.1. The number of ether oxygens (including phenoxy) is 1. The van der Waals surface area contributed by atoms with Gasteiger partial charge in [0.05, 0.1) is 18.4 Å². The molecule has 0 aromatic heterocycles. The Morgan fingerprint density at radius 2 is 1.44 bits per heavy atom. The van der Waals surface area contributed by atoms with Gasteiger partial charge < -0.3 is 15.0 Å². The first-order chi connectivity index (χ1) is 16.3. The van der Waals surface area contributed by atoms with Crippen LogP contribution in [-0.2, 0) is 9.59 Å². The van der Waals surface area contributed by atoms with E-state index in [0.29, 0.717) is 28.5 Å². The van der Waals surface area contributed by atoms with Gasteiger partial charge in [-0.3, -0.25) is 9.59 Å². The molecule has 0 spiro atoms. The van der Waals surface area contributed by atoms with Crippen molar-refractivity contribution in [1.29, 1.82) is 0 Å². The van der Waals surface area contributed by atoms with Gasteiger partial charge in [-0.25, -0.2) is 4.90 Å². The van der Waals surface area contributed by atoms with E-state index in [4.69, 9.17) is 4.74 Å². The number of imide groups is 1. The Labute approximate surface area is 200 Å². The number of rotatable bonds is 7. The largest absolute Gasteiger partial charge is 0.497 e. The smallest absolute Gasteiger partial charge is 0.282 e. The molecule has 0 radical (unpaired) electrons. The standard InChI is InChI=1S/C28H29N3O3/c1-18(2)19-6-10-21(11-7-19)29-26-25(20-8-16-24(34-5)17-9-20)27(32)31(28(26)33)23-14-12-22(13-15-23)30(3)4/h6-18,29H,1-5H3. The fourth-order valence-electron chi connectivity index (χ4n) is 3.90. The zero-order valence-electron chi connectivity index (χ0n) is 20.1. The van der Waals surface area contributed by atoms with Crippen LogP contribution in [0, 0.1) is 0 Å². The second-order valence-electron chi connectivity index (χ2n) is 8.74. The summed E-state index contributed by atoms with van der Waals surface area (Å²) in [7, 11) is 5.47. The molecule has 4 rings (SSSR count). The topological polar surface area (TPSA) is 61.9 Å². The maximum Gasteiger partial charge on any atom is 0.282 e. The van der Waals surface area contributed by atoms with Gasteiger partial charge in [-0.2, -0.15) is 0 Å². The summed E-state index contributed by atoms with van der Waals surface area (Å²) < 4.78 is 5.26. The highest BCUT2D eigenvalue weighted by atomic mass is 16.5. The molecule has 0 atom stereocenters. The summed E-state index contributed by atoms with van der Waals surface area (Å²) in [6, 6.07) is 22.4. The Balaban J connectivity index is 1.75. The van der Waals surface area contributed by atoms with Gasteiger partial charge in [0, 0.05) is 25.5 Å². The van der Waals surface area contributed by atoms with Crippen LogP contribution in [0.3, 0.4) is 0 Å². The summed E-state index contributed by atoms with van der Waals surface area (Å²) in [6.45, 7) is 4.26. The van der Waals surface area contributed by atoms with Gasteiger partial charge in [-0.15, -0.1) is 0 Å². The van der Waals surface area contributed by atoms with Gasteiger partial charge in [0.25, 0.3) is 11.8 Å². The Hall–Kier alpha value is -4.06. The molecule has 0 saturated carbocycles. The van der Waals surface area contributed by atoms with E-state index >= 15 is 0 Å². The summed E-state index contributed by atoms with van der Waals surface area (Å²) in [5.74, 6) is 0.324. The van der Waals surface area contributed by atoms with E-state index < -0.39 is 0 Å². The predicted octanol–water partition coefficient (Wildman–Crippen LogP) is 5.28. The van der Waals surface area contributed by atoms with Crippen molar-refractivity contribution < 1.29 is 14.3 Å². The van der Waals surface area contributed by atoms with Gasteiger partial charge in [0.15, 0.2) is 0 Å². The summed E-state index contributed by atoms with van der Waals surface area (Å²) in [6.07, 6.45) is 0. The van der Waals surface area contributed by atoms with Gasteiger partial charge >= 0.3 is 0 Å². The number of benzene rings is 3. The molecule has 1 N–H and O–H groups in total. The van der Waals surface area contributed by atoms with Crippen molar-refractivity contribution >= 4 is 34.4 Å². The number of anilines is 3. The minimum Gasteiger partial charge on any atom is -0.497 e. The lowest BCUT2D eigenvalue weighted by Gasteiger charge is -2.18. The second kappa shape index (κ2) is 9.43. The minimum atomic E-state index is -0.388. The van der Waals surface area contributed by atoms with Crippen LogP contribution in [0.4, 0.5) is 17.1 Å². The molecule has 6 nitrogen and oxygen atoms in total. The van der Waals surface area contributed by atoms with Crippen LogP contribution in [-0.4, -0.2) is 33.0 Å². The maximum atomic E-state index is 13.6. The highest BCUT2D eigenvalue weighted by molar-refractivity contribution is 6.46. The van der Waals surface area contributed by atoms with Crippen molar-refractivity contribution in [1.82, 2.24) is 0 Å². The quantitative estimate of drug-likeness (QED) is 0.491. The normalized spacial score (nSPS) is 13.6. The zero-order valence-corrected chi connectivity index (χ0v) is 20.1. The molecule has 0 unspecified atom stereocenters. The van der Waals surface area contributed by atoms with Crippen LogP contribution in [0.2, 0.25) is 0 Å². The summed E-state index contributed by atoms with van der Waals surface area (Å²) >= 11 is 0. The molecule has 2 amide bonds. The third-order valence-electron chi connectivity index (χ3n) is 5.93. The first-order valence-corrected chi connectivity index (χ1v) is 11.2. The van der Waals surface area contributed by atoms with E-state index in [0.717, 1.165) is 11.4 Å². The Bertz CT molecular complexity index is 1230. The van der Waals surface area contributed by atoms with Crippen molar-refractivity contribution in [3.8, 4) is 5.75 Å². The molecule has 3 aromatic carbocycles. The molecule has 1 heterocycles. The molecular weight excluding hydrogens is 426 g/mol. The van der Waals surface area contributed by atoms with Crippen molar-refractivity contribution in [3.05, 3.63) is 89.6 Å². The van der Waals surface area contributed by atoms with Crippen LogP contribution in [0.5, 0.6) is 5.75 Å². The lowest BCUT2D eigenvalue weighted by atomic mass is 10.0. The molecule has 0 bridgehead atoms. The van der Waals surface area contributed by atoms with Crippen LogP contribution in [0.15, 0.2) is 78.5 Å². The number of amides is 2. The third-order valence-corrected chi connectivity index (χ3v) is 5.93. The van der Waals surface area contributed by atoms with Crippen molar-refractivity contribution in [2.24, 2.45) is 0 Å². The average molecular weight is 456 g/mol. The summed E-state index contributed by atoms with van der Waals surface area (Å²) in [5, 5.41) is 3.22. The van der Waals surface area contributed by atoms with E-state index in [1.807, 2.05) is 55.4 Å². The van der Waals surface area contributed by atoms with Crippen LogP contribution >= 0.6 is 0 Å². The molecule has 174 valence electrons. The fraction of sp³-hybridized carbons (Fsp3) is 0.214. The molecule has 0 fully saturated rings. The van der Waals surface area contributed by atoms with Crippen molar-refractivity contribution in [3.63, 3.8) is 0 Å². The molecule has 1 aliphatic rings. The number of nitrogens with one attached hydrogen (secondary N) is 1. The van der Waals surface area contributed by atoms with Gasteiger partial charge in [-0.1, -0.05) is 38.1 Å². The lowest BCUT2D eigenvalue weighted by molar-refractivity contribution is -0.120.